The van der Waals surface area contributed by atoms with Crippen LogP contribution in [0.5, 0.6) is 0 Å². The molecule has 4 nitrogen and oxygen atoms in total. The Hall–Kier alpha value is -1.75. The van der Waals surface area contributed by atoms with Crippen molar-refractivity contribution in [2.45, 2.75) is 0 Å². The Balaban J connectivity index is 3.00. The van der Waals surface area contributed by atoms with Gasteiger partial charge < -0.3 is 5.73 Å². The molecule has 0 aliphatic rings. The van der Waals surface area contributed by atoms with E-state index in [-0.39, 0.29) is 0 Å². The maximum absolute atomic E-state index is 5.46. The fraction of sp³-hybridized carbons (Fsp3) is 0. The molecule has 1 heterocycles. The van der Waals surface area contributed by atoms with E-state index in [0.717, 1.165) is 11.5 Å². The Bertz CT molecular complexity index is 389. The van der Waals surface area contributed by atoms with Crippen LogP contribution in [0.25, 0.3) is 5.70 Å². The van der Waals surface area contributed by atoms with E-state index in [4.69, 9.17) is 5.73 Å². The van der Waals surface area contributed by atoms with Gasteiger partial charge in [-0.3, -0.25) is 4.99 Å². The third kappa shape index (κ3) is 2.63. The summed E-state index contributed by atoms with van der Waals surface area (Å²) in [5.41, 5.74) is 6.08. The lowest BCUT2D eigenvalue weighted by atomic mass is 10.4. The van der Waals surface area contributed by atoms with Crippen LogP contribution in [-0.4, -0.2) is 15.6 Å². The SMILES string of the molecule is C=C/C=N\C(=C/C=C)c1nsc(N)n1. The number of hydrogen-bond donors (Lipinski definition) is 1. The minimum Gasteiger partial charge on any atom is -0.374 e. The zero-order chi connectivity index (χ0) is 10.4. The second kappa shape index (κ2) is 5.08. The van der Waals surface area contributed by atoms with E-state index in [1.165, 1.54) is 0 Å². The number of nitrogens with zero attached hydrogens (tertiary/aromatic N) is 3. The summed E-state index contributed by atoms with van der Waals surface area (Å²) in [7, 11) is 0. The first-order valence-corrected chi connectivity index (χ1v) is 4.62. The summed E-state index contributed by atoms with van der Waals surface area (Å²) in [4.78, 5) is 8.09. The lowest BCUT2D eigenvalue weighted by Crippen LogP contribution is -1.87. The Labute approximate surface area is 86.4 Å². The molecule has 0 amide bonds. The van der Waals surface area contributed by atoms with Gasteiger partial charge in [0.1, 0.15) is 5.70 Å². The van der Waals surface area contributed by atoms with Crippen molar-refractivity contribution >= 4 is 28.6 Å². The van der Waals surface area contributed by atoms with Gasteiger partial charge in [-0.05, 0) is 6.08 Å². The molecule has 0 aromatic carbocycles. The maximum Gasteiger partial charge on any atom is 0.200 e. The molecule has 0 radical (unpaired) electrons. The van der Waals surface area contributed by atoms with Gasteiger partial charge >= 0.3 is 0 Å². The molecule has 0 atom stereocenters. The number of rotatable bonds is 4. The Morgan fingerprint density at radius 2 is 2.21 bits per heavy atom. The van der Waals surface area contributed by atoms with Crippen LogP contribution in [0.4, 0.5) is 5.13 Å². The van der Waals surface area contributed by atoms with E-state index in [1.54, 1.807) is 24.4 Å². The highest BCUT2D eigenvalue weighted by Crippen LogP contribution is 2.15. The molecule has 14 heavy (non-hydrogen) atoms. The topological polar surface area (TPSA) is 64.2 Å². The molecule has 0 bridgehead atoms. The molecule has 0 aliphatic carbocycles. The van der Waals surface area contributed by atoms with Crippen molar-refractivity contribution < 1.29 is 0 Å². The van der Waals surface area contributed by atoms with Crippen molar-refractivity contribution in [1.82, 2.24) is 9.36 Å². The van der Waals surface area contributed by atoms with Crippen LogP contribution in [0, 0.1) is 0 Å². The van der Waals surface area contributed by atoms with Crippen LogP contribution in [0.15, 0.2) is 36.4 Å². The van der Waals surface area contributed by atoms with Gasteiger partial charge in [0.25, 0.3) is 0 Å². The molecule has 5 heteroatoms. The van der Waals surface area contributed by atoms with Gasteiger partial charge in [-0.2, -0.15) is 9.36 Å². The number of anilines is 1. The number of aromatic nitrogens is 2. The quantitative estimate of drug-likeness (QED) is 0.604. The molecule has 0 fully saturated rings. The normalized spacial score (nSPS) is 11.9. The maximum atomic E-state index is 5.46. The van der Waals surface area contributed by atoms with Gasteiger partial charge in [0.15, 0.2) is 11.0 Å². The molecule has 0 saturated heterocycles. The van der Waals surface area contributed by atoms with Crippen LogP contribution in [0.3, 0.4) is 0 Å². The van der Waals surface area contributed by atoms with Crippen molar-refractivity contribution in [2.24, 2.45) is 4.99 Å². The molecular weight excluding hydrogens is 196 g/mol. The van der Waals surface area contributed by atoms with Gasteiger partial charge in [0.05, 0.1) is 0 Å². The van der Waals surface area contributed by atoms with Gasteiger partial charge in [0, 0.05) is 17.7 Å². The minimum atomic E-state index is 0.420. The fourth-order valence-electron chi connectivity index (χ4n) is 0.759. The number of nitrogens with two attached hydrogens (primary N) is 1. The molecule has 1 rings (SSSR count). The van der Waals surface area contributed by atoms with Crippen LogP contribution in [-0.2, 0) is 0 Å². The first-order chi connectivity index (χ1) is 6.77. The number of aliphatic imine (C=N–C) groups is 1. The standard InChI is InChI=1S/C9H10N4S/c1-3-5-7(11-6-4-2)8-12-9(10)14-13-8/h3-6H,1-2H2,(H2,10,12,13)/b7-5-,11-6-. The van der Waals surface area contributed by atoms with Gasteiger partial charge in [0.2, 0.25) is 0 Å². The molecule has 72 valence electrons. The minimum absolute atomic E-state index is 0.420. The molecular formula is C9H10N4S. The second-order valence-electron chi connectivity index (χ2n) is 2.26. The highest BCUT2D eigenvalue weighted by Gasteiger charge is 2.04. The average Bonchev–Trinajstić information content (AvgIpc) is 2.59. The Morgan fingerprint density at radius 1 is 1.43 bits per heavy atom. The third-order valence-electron chi connectivity index (χ3n) is 1.27. The average molecular weight is 206 g/mol. The van der Waals surface area contributed by atoms with Crippen LogP contribution in [0.1, 0.15) is 5.82 Å². The molecule has 1 aromatic rings. The Kier molecular flexibility index (Phi) is 3.75. The van der Waals surface area contributed by atoms with E-state index in [9.17, 15) is 0 Å². The monoisotopic (exact) mass is 206 g/mol. The molecule has 2 N–H and O–H groups in total. The highest BCUT2D eigenvalue weighted by atomic mass is 32.1. The van der Waals surface area contributed by atoms with Crippen molar-refractivity contribution in [1.29, 1.82) is 0 Å². The zero-order valence-corrected chi connectivity index (χ0v) is 8.37. The largest absolute Gasteiger partial charge is 0.374 e. The van der Waals surface area contributed by atoms with Crippen LogP contribution in [0.2, 0.25) is 0 Å². The summed E-state index contributed by atoms with van der Waals surface area (Å²) in [5, 5.41) is 0.420. The molecule has 1 aromatic heterocycles. The molecule has 0 spiro atoms. The van der Waals surface area contributed by atoms with Gasteiger partial charge in [-0.15, -0.1) is 0 Å². The number of nitrogen functional groups attached to an aromatic ring is 1. The number of hydrogen-bond acceptors (Lipinski definition) is 5. The van der Waals surface area contributed by atoms with E-state index >= 15 is 0 Å². The highest BCUT2D eigenvalue weighted by molar-refractivity contribution is 7.09. The summed E-state index contributed by atoms with van der Waals surface area (Å²) < 4.78 is 4.03. The first kappa shape index (κ1) is 10.3. The van der Waals surface area contributed by atoms with Gasteiger partial charge in [-0.1, -0.05) is 25.3 Å². The molecule has 0 unspecified atom stereocenters. The van der Waals surface area contributed by atoms with E-state index in [1.807, 2.05) is 0 Å². The van der Waals surface area contributed by atoms with Crippen molar-refractivity contribution in [3.8, 4) is 0 Å². The summed E-state index contributed by atoms with van der Waals surface area (Å²) >= 11 is 1.13. The lowest BCUT2D eigenvalue weighted by Gasteiger charge is -1.91. The summed E-state index contributed by atoms with van der Waals surface area (Å²) in [5.74, 6) is 0.505. The Morgan fingerprint density at radius 3 is 2.71 bits per heavy atom. The zero-order valence-electron chi connectivity index (χ0n) is 7.55. The summed E-state index contributed by atoms with van der Waals surface area (Å²) in [6.45, 7) is 7.11. The summed E-state index contributed by atoms with van der Waals surface area (Å²) in [6, 6.07) is 0. The van der Waals surface area contributed by atoms with Crippen molar-refractivity contribution in [2.75, 3.05) is 5.73 Å². The summed E-state index contributed by atoms with van der Waals surface area (Å²) in [6.07, 6.45) is 6.47. The number of allylic oxidation sites excluding steroid dienone is 3. The van der Waals surface area contributed by atoms with E-state index < -0.39 is 0 Å². The molecule has 0 aliphatic heterocycles. The van der Waals surface area contributed by atoms with E-state index in [2.05, 4.69) is 27.5 Å². The van der Waals surface area contributed by atoms with E-state index in [0.29, 0.717) is 16.7 Å². The first-order valence-electron chi connectivity index (χ1n) is 3.85. The fourth-order valence-corrected chi connectivity index (χ4v) is 1.20. The smallest absolute Gasteiger partial charge is 0.200 e. The third-order valence-corrected chi connectivity index (χ3v) is 1.81. The lowest BCUT2D eigenvalue weighted by molar-refractivity contribution is 1.24. The predicted molar refractivity (Wildman–Crippen MR) is 61.2 cm³/mol. The van der Waals surface area contributed by atoms with Crippen LogP contribution < -0.4 is 5.73 Å². The van der Waals surface area contributed by atoms with Crippen LogP contribution >= 0.6 is 11.5 Å². The predicted octanol–water partition coefficient (Wildman–Crippen LogP) is 1.90. The molecule has 0 saturated carbocycles. The van der Waals surface area contributed by atoms with Crippen molar-refractivity contribution in [3.05, 3.63) is 37.2 Å². The van der Waals surface area contributed by atoms with Gasteiger partial charge in [-0.25, -0.2) is 0 Å². The second-order valence-corrected chi connectivity index (χ2v) is 3.04. The van der Waals surface area contributed by atoms with Crippen molar-refractivity contribution in [3.63, 3.8) is 0 Å².